The largest absolute Gasteiger partial charge is 0.396 e. The molecule has 0 radical (unpaired) electrons. The fraction of sp³-hybridized carbons (Fsp3) is 0.385. The molecule has 3 aromatic rings. The molecule has 32 heavy (non-hydrogen) atoms. The van der Waals surface area contributed by atoms with Crippen molar-refractivity contribution in [3.05, 3.63) is 54.6 Å². The van der Waals surface area contributed by atoms with E-state index in [1.54, 1.807) is 0 Å². The third-order valence-electron chi connectivity index (χ3n) is 6.04. The summed E-state index contributed by atoms with van der Waals surface area (Å²) in [5, 5.41) is 10.5. The number of pyridine rings is 1. The Morgan fingerprint density at radius 1 is 1.03 bits per heavy atom. The molecular formula is C26H33N5O. The Labute approximate surface area is 190 Å². The first-order valence-corrected chi connectivity index (χ1v) is 11.5. The van der Waals surface area contributed by atoms with Gasteiger partial charge in [-0.05, 0) is 49.9 Å². The van der Waals surface area contributed by atoms with Gasteiger partial charge in [0.1, 0.15) is 5.82 Å². The SMILES string of the molecule is CC(C)(CNc1nc2cc(-c3ccccc3)ccc2cc1N)NC(=O)NC1CCCCC1. The van der Waals surface area contributed by atoms with E-state index in [1.165, 1.54) is 19.3 Å². The molecule has 1 aliphatic carbocycles. The highest BCUT2D eigenvalue weighted by Gasteiger charge is 2.23. The third kappa shape index (κ3) is 5.49. The molecule has 0 saturated heterocycles. The highest BCUT2D eigenvalue weighted by atomic mass is 16.2. The van der Waals surface area contributed by atoms with Gasteiger partial charge in [0.15, 0.2) is 0 Å². The Balaban J connectivity index is 1.43. The lowest BCUT2D eigenvalue weighted by atomic mass is 9.96. The number of aromatic nitrogens is 1. The number of nitrogens with zero attached hydrogens (tertiary/aromatic N) is 1. The maximum absolute atomic E-state index is 12.5. The van der Waals surface area contributed by atoms with E-state index in [2.05, 4.69) is 40.2 Å². The standard InChI is InChI=1S/C26H33N5O/c1-26(2,31-25(32)29-21-11-7-4-8-12-21)17-28-24-22(27)15-20-14-13-19(16-23(20)30-24)18-9-5-3-6-10-18/h3,5-6,9-10,13-16,21H,4,7-8,11-12,17,27H2,1-2H3,(H,28,30)(H2,29,31,32). The van der Waals surface area contributed by atoms with E-state index in [0.29, 0.717) is 18.1 Å². The van der Waals surface area contributed by atoms with Crippen LogP contribution in [-0.2, 0) is 0 Å². The quantitative estimate of drug-likeness (QED) is 0.426. The summed E-state index contributed by atoms with van der Waals surface area (Å²) in [6, 6.07) is 18.6. The molecule has 1 heterocycles. The van der Waals surface area contributed by atoms with Crippen LogP contribution in [0.3, 0.4) is 0 Å². The molecule has 5 N–H and O–H groups in total. The number of fused-ring (bicyclic) bond motifs is 1. The lowest BCUT2D eigenvalue weighted by Crippen LogP contribution is -2.54. The summed E-state index contributed by atoms with van der Waals surface area (Å²) in [4.78, 5) is 17.2. The van der Waals surface area contributed by atoms with Crippen molar-refractivity contribution in [2.24, 2.45) is 0 Å². The van der Waals surface area contributed by atoms with Crippen LogP contribution in [0.25, 0.3) is 22.0 Å². The van der Waals surface area contributed by atoms with Gasteiger partial charge in [-0.2, -0.15) is 0 Å². The van der Waals surface area contributed by atoms with Crippen molar-refractivity contribution < 1.29 is 4.79 Å². The molecule has 1 aliphatic rings. The summed E-state index contributed by atoms with van der Waals surface area (Å²) in [7, 11) is 0. The number of nitrogen functional groups attached to an aromatic ring is 1. The molecule has 1 saturated carbocycles. The van der Waals surface area contributed by atoms with E-state index in [-0.39, 0.29) is 12.1 Å². The lowest BCUT2D eigenvalue weighted by Gasteiger charge is -2.29. The third-order valence-corrected chi connectivity index (χ3v) is 6.04. The molecule has 0 aliphatic heterocycles. The van der Waals surface area contributed by atoms with Crippen LogP contribution >= 0.6 is 0 Å². The zero-order chi connectivity index (χ0) is 22.6. The van der Waals surface area contributed by atoms with Crippen LogP contribution in [0.15, 0.2) is 54.6 Å². The number of carbonyl (C=O) groups is 1. The van der Waals surface area contributed by atoms with Crippen molar-refractivity contribution in [1.29, 1.82) is 0 Å². The predicted octanol–water partition coefficient (Wildman–Crippen LogP) is 5.31. The van der Waals surface area contributed by atoms with Crippen LogP contribution in [0.4, 0.5) is 16.3 Å². The Bertz CT molecular complexity index is 1070. The highest BCUT2D eigenvalue weighted by molar-refractivity contribution is 5.89. The molecule has 6 heteroatoms. The van der Waals surface area contributed by atoms with Crippen LogP contribution < -0.4 is 21.7 Å². The Morgan fingerprint density at radius 3 is 2.53 bits per heavy atom. The van der Waals surface area contributed by atoms with Gasteiger partial charge < -0.3 is 21.7 Å². The number of carbonyl (C=O) groups excluding carboxylic acids is 1. The number of hydrogen-bond donors (Lipinski definition) is 4. The summed E-state index contributed by atoms with van der Waals surface area (Å²) < 4.78 is 0. The van der Waals surface area contributed by atoms with Crippen molar-refractivity contribution in [1.82, 2.24) is 15.6 Å². The van der Waals surface area contributed by atoms with Crippen LogP contribution in [0, 0.1) is 0 Å². The van der Waals surface area contributed by atoms with Gasteiger partial charge in [0.05, 0.1) is 16.7 Å². The second-order valence-electron chi connectivity index (χ2n) is 9.37. The minimum absolute atomic E-state index is 0.115. The van der Waals surface area contributed by atoms with Gasteiger partial charge in [-0.15, -0.1) is 0 Å². The van der Waals surface area contributed by atoms with Crippen molar-refractivity contribution in [2.75, 3.05) is 17.6 Å². The molecule has 2 amide bonds. The van der Waals surface area contributed by atoms with Gasteiger partial charge in [0.25, 0.3) is 0 Å². The summed E-state index contributed by atoms with van der Waals surface area (Å²) in [6.45, 7) is 4.49. The number of benzene rings is 2. The van der Waals surface area contributed by atoms with Gasteiger partial charge in [-0.1, -0.05) is 61.7 Å². The van der Waals surface area contributed by atoms with Crippen LogP contribution in [0.2, 0.25) is 0 Å². The van der Waals surface area contributed by atoms with Gasteiger partial charge in [0, 0.05) is 18.0 Å². The van der Waals surface area contributed by atoms with Gasteiger partial charge in [0.2, 0.25) is 0 Å². The van der Waals surface area contributed by atoms with E-state index in [9.17, 15) is 4.79 Å². The lowest BCUT2D eigenvalue weighted by molar-refractivity contribution is 0.223. The summed E-state index contributed by atoms with van der Waals surface area (Å²) in [5.41, 5.74) is 9.53. The van der Waals surface area contributed by atoms with Gasteiger partial charge in [-0.3, -0.25) is 0 Å². The zero-order valence-corrected chi connectivity index (χ0v) is 18.9. The second-order valence-corrected chi connectivity index (χ2v) is 9.37. The van der Waals surface area contributed by atoms with Crippen molar-refractivity contribution in [2.45, 2.75) is 57.5 Å². The first-order chi connectivity index (χ1) is 15.4. The molecular weight excluding hydrogens is 398 g/mol. The number of nitrogens with two attached hydrogens (primary N) is 1. The summed E-state index contributed by atoms with van der Waals surface area (Å²) in [6.07, 6.45) is 5.77. The summed E-state index contributed by atoms with van der Waals surface area (Å²) in [5.74, 6) is 0.630. The van der Waals surface area contributed by atoms with Gasteiger partial charge >= 0.3 is 6.03 Å². The summed E-state index contributed by atoms with van der Waals surface area (Å²) >= 11 is 0. The van der Waals surface area contributed by atoms with E-state index in [1.807, 2.05) is 44.2 Å². The molecule has 1 fully saturated rings. The number of nitrogens with one attached hydrogen (secondary N) is 3. The fourth-order valence-electron chi connectivity index (χ4n) is 4.26. The van der Waals surface area contributed by atoms with Crippen molar-refractivity contribution >= 4 is 28.4 Å². The van der Waals surface area contributed by atoms with E-state index >= 15 is 0 Å². The minimum Gasteiger partial charge on any atom is -0.396 e. The molecule has 0 spiro atoms. The number of rotatable bonds is 6. The first kappa shape index (κ1) is 21.9. The Kier molecular flexibility index (Phi) is 6.49. The van der Waals surface area contributed by atoms with Crippen LogP contribution in [0.1, 0.15) is 46.0 Å². The van der Waals surface area contributed by atoms with Crippen LogP contribution in [-0.4, -0.2) is 29.1 Å². The minimum atomic E-state index is -0.465. The second kappa shape index (κ2) is 9.47. The number of hydrogen-bond acceptors (Lipinski definition) is 4. The average Bonchev–Trinajstić information content (AvgIpc) is 2.78. The predicted molar refractivity (Wildman–Crippen MR) is 133 cm³/mol. The van der Waals surface area contributed by atoms with E-state index in [0.717, 1.165) is 34.9 Å². The van der Waals surface area contributed by atoms with E-state index in [4.69, 9.17) is 10.7 Å². The molecule has 6 nitrogen and oxygen atoms in total. The normalized spacial score (nSPS) is 14.8. The monoisotopic (exact) mass is 431 g/mol. The number of amides is 2. The maximum atomic E-state index is 12.5. The van der Waals surface area contributed by atoms with E-state index < -0.39 is 5.54 Å². The molecule has 2 aromatic carbocycles. The molecule has 0 bridgehead atoms. The maximum Gasteiger partial charge on any atom is 0.315 e. The average molecular weight is 432 g/mol. The molecule has 0 unspecified atom stereocenters. The molecule has 1 aromatic heterocycles. The first-order valence-electron chi connectivity index (χ1n) is 11.5. The topological polar surface area (TPSA) is 92.1 Å². The van der Waals surface area contributed by atoms with Crippen molar-refractivity contribution in [3.8, 4) is 11.1 Å². The molecule has 168 valence electrons. The fourth-order valence-corrected chi connectivity index (χ4v) is 4.26. The van der Waals surface area contributed by atoms with Crippen molar-refractivity contribution in [3.63, 3.8) is 0 Å². The number of urea groups is 1. The Morgan fingerprint density at radius 2 is 1.78 bits per heavy atom. The molecule has 0 atom stereocenters. The molecule has 4 rings (SSSR count). The van der Waals surface area contributed by atoms with Crippen LogP contribution in [0.5, 0.6) is 0 Å². The highest BCUT2D eigenvalue weighted by Crippen LogP contribution is 2.27. The zero-order valence-electron chi connectivity index (χ0n) is 18.9. The Hall–Kier alpha value is -3.28. The van der Waals surface area contributed by atoms with Gasteiger partial charge in [-0.25, -0.2) is 9.78 Å². The number of anilines is 2. The smallest absolute Gasteiger partial charge is 0.315 e.